The first kappa shape index (κ1) is 30.2. The highest BCUT2D eigenvalue weighted by Crippen LogP contribution is 2.42. The SMILES string of the molecule is CC(Cn1cnnn1)Oc1cc(-c2cnc(Nc3cn(C4(N5CCOCC5)CCCCC4)nc3C(F)(F)F)nc2)ccc1Cl. The van der Waals surface area contributed by atoms with Gasteiger partial charge in [0.1, 0.15) is 23.8 Å². The molecule has 0 radical (unpaired) electrons. The molecule has 4 heterocycles. The van der Waals surface area contributed by atoms with Crippen LogP contribution in [0.3, 0.4) is 0 Å². The van der Waals surface area contributed by atoms with Crippen LogP contribution in [0.2, 0.25) is 5.02 Å². The van der Waals surface area contributed by atoms with Crippen LogP contribution in [0.25, 0.3) is 11.1 Å². The number of hydrogen-bond acceptors (Lipinski definition) is 10. The summed E-state index contributed by atoms with van der Waals surface area (Å²) in [7, 11) is 0. The molecule has 1 unspecified atom stereocenters. The summed E-state index contributed by atoms with van der Waals surface area (Å²) in [6.45, 7) is 4.65. The highest BCUT2D eigenvalue weighted by molar-refractivity contribution is 6.32. The smallest absolute Gasteiger partial charge is 0.437 e. The maximum absolute atomic E-state index is 14.2. The number of morpholine rings is 1. The normalized spacial score (nSPS) is 18.2. The summed E-state index contributed by atoms with van der Waals surface area (Å²) in [5.74, 6) is 0.467. The van der Waals surface area contributed by atoms with Crippen molar-refractivity contribution in [1.29, 1.82) is 0 Å². The Bertz CT molecular complexity index is 1540. The summed E-state index contributed by atoms with van der Waals surface area (Å²) in [6, 6.07) is 5.24. The Morgan fingerprint density at radius 1 is 1.09 bits per heavy atom. The van der Waals surface area contributed by atoms with Gasteiger partial charge in [-0.1, -0.05) is 24.1 Å². The minimum absolute atomic E-state index is 0.0170. The van der Waals surface area contributed by atoms with Gasteiger partial charge in [-0.15, -0.1) is 5.10 Å². The van der Waals surface area contributed by atoms with E-state index < -0.39 is 17.5 Å². The number of hydrogen-bond donors (Lipinski definition) is 1. The summed E-state index contributed by atoms with van der Waals surface area (Å²) >= 11 is 6.37. The van der Waals surface area contributed by atoms with E-state index in [0.717, 1.165) is 37.7 Å². The molecule has 4 aromatic rings. The topological polar surface area (TPSA) is 121 Å². The van der Waals surface area contributed by atoms with E-state index in [1.54, 1.807) is 22.9 Å². The Kier molecular flexibility index (Phi) is 8.69. The van der Waals surface area contributed by atoms with Crippen LogP contribution in [0.5, 0.6) is 5.75 Å². The van der Waals surface area contributed by atoms with E-state index >= 15 is 0 Å². The zero-order valence-electron chi connectivity index (χ0n) is 24.0. The predicted molar refractivity (Wildman–Crippen MR) is 154 cm³/mol. The molecule has 1 saturated carbocycles. The fraction of sp³-hybridized carbons (Fsp3) is 0.500. The third-order valence-corrected chi connectivity index (χ3v) is 8.30. The van der Waals surface area contributed by atoms with Crippen molar-refractivity contribution in [2.24, 2.45) is 0 Å². The van der Waals surface area contributed by atoms with Gasteiger partial charge in [0.25, 0.3) is 0 Å². The maximum atomic E-state index is 14.2. The maximum Gasteiger partial charge on any atom is 0.437 e. The Morgan fingerprint density at radius 2 is 1.84 bits per heavy atom. The molecule has 1 aliphatic heterocycles. The summed E-state index contributed by atoms with van der Waals surface area (Å²) in [6.07, 6.45) is 5.37. The van der Waals surface area contributed by atoms with Gasteiger partial charge >= 0.3 is 6.18 Å². The third kappa shape index (κ3) is 6.49. The van der Waals surface area contributed by atoms with Crippen molar-refractivity contribution in [3.05, 3.63) is 53.8 Å². The van der Waals surface area contributed by atoms with Gasteiger partial charge in [-0.05, 0) is 60.7 Å². The summed E-state index contributed by atoms with van der Waals surface area (Å²) < 4.78 is 57.3. The molecule has 1 atom stereocenters. The highest BCUT2D eigenvalue weighted by atomic mass is 35.5. The molecule has 6 rings (SSSR count). The lowest BCUT2D eigenvalue weighted by atomic mass is 9.87. The molecule has 16 heteroatoms. The van der Waals surface area contributed by atoms with E-state index in [9.17, 15) is 13.2 Å². The zero-order valence-corrected chi connectivity index (χ0v) is 24.8. The van der Waals surface area contributed by atoms with Gasteiger partial charge in [0, 0.05) is 31.0 Å². The largest absolute Gasteiger partial charge is 0.487 e. The zero-order chi connectivity index (χ0) is 30.7. The van der Waals surface area contributed by atoms with Crippen LogP contribution in [0, 0.1) is 0 Å². The molecule has 234 valence electrons. The van der Waals surface area contributed by atoms with Gasteiger partial charge in [0.15, 0.2) is 5.69 Å². The van der Waals surface area contributed by atoms with E-state index in [4.69, 9.17) is 21.1 Å². The number of nitrogens with one attached hydrogen (secondary N) is 1. The third-order valence-electron chi connectivity index (χ3n) is 7.99. The fourth-order valence-corrected chi connectivity index (χ4v) is 6.05. The molecule has 44 heavy (non-hydrogen) atoms. The summed E-state index contributed by atoms with van der Waals surface area (Å²) in [5, 5.41) is 18.4. The molecule has 1 aliphatic carbocycles. The first-order valence-electron chi connectivity index (χ1n) is 14.5. The van der Waals surface area contributed by atoms with Gasteiger partial charge in [-0.2, -0.15) is 18.3 Å². The average Bonchev–Trinajstić information content (AvgIpc) is 3.70. The minimum Gasteiger partial charge on any atom is -0.487 e. The first-order valence-corrected chi connectivity index (χ1v) is 14.9. The molecule has 0 spiro atoms. The molecule has 1 N–H and O–H groups in total. The lowest BCUT2D eigenvalue weighted by Crippen LogP contribution is -2.56. The molecule has 1 aromatic carbocycles. The second-order valence-corrected chi connectivity index (χ2v) is 11.4. The average molecular weight is 633 g/mol. The monoisotopic (exact) mass is 632 g/mol. The van der Waals surface area contributed by atoms with Gasteiger partial charge in [0.05, 0.1) is 36.7 Å². The molecule has 3 aromatic heterocycles. The van der Waals surface area contributed by atoms with E-state index in [2.05, 4.69) is 40.8 Å². The van der Waals surface area contributed by atoms with Crippen molar-refractivity contribution in [2.75, 3.05) is 31.6 Å². The molecule has 12 nitrogen and oxygen atoms in total. The Labute approximate surface area is 256 Å². The van der Waals surface area contributed by atoms with Crippen LogP contribution >= 0.6 is 11.6 Å². The predicted octanol–water partition coefficient (Wildman–Crippen LogP) is 5.16. The quantitative estimate of drug-likeness (QED) is 0.265. The lowest BCUT2D eigenvalue weighted by Gasteiger charge is -2.47. The number of ether oxygens (including phenoxy) is 2. The number of anilines is 2. The second kappa shape index (κ2) is 12.7. The first-order chi connectivity index (χ1) is 21.2. The number of rotatable bonds is 9. The minimum atomic E-state index is -4.67. The van der Waals surface area contributed by atoms with Crippen molar-refractivity contribution < 1.29 is 22.6 Å². The number of benzene rings is 1. The van der Waals surface area contributed by atoms with Crippen LogP contribution < -0.4 is 10.1 Å². The van der Waals surface area contributed by atoms with Crippen LogP contribution in [0.15, 0.2) is 43.1 Å². The van der Waals surface area contributed by atoms with Crippen molar-refractivity contribution in [3.8, 4) is 16.9 Å². The van der Waals surface area contributed by atoms with E-state index in [1.165, 1.54) is 29.6 Å². The number of halogens is 4. The van der Waals surface area contributed by atoms with Crippen LogP contribution in [-0.2, 0) is 23.1 Å². The second-order valence-electron chi connectivity index (χ2n) is 11.0. The molecular formula is C28H32ClF3N10O2. The van der Waals surface area contributed by atoms with Crippen molar-refractivity contribution in [3.63, 3.8) is 0 Å². The van der Waals surface area contributed by atoms with Gasteiger partial charge < -0.3 is 14.8 Å². The fourth-order valence-electron chi connectivity index (χ4n) is 5.89. The molecule has 0 bridgehead atoms. The lowest BCUT2D eigenvalue weighted by molar-refractivity contribution is -0.142. The van der Waals surface area contributed by atoms with Crippen molar-refractivity contribution in [1.82, 2.24) is 44.9 Å². The summed E-state index contributed by atoms with van der Waals surface area (Å²) in [4.78, 5) is 10.8. The summed E-state index contributed by atoms with van der Waals surface area (Å²) in [5.41, 5.74) is -0.476. The Balaban J connectivity index is 1.22. The number of aromatic nitrogens is 8. The molecule has 2 aliphatic rings. The van der Waals surface area contributed by atoms with E-state index in [-0.39, 0.29) is 17.7 Å². The van der Waals surface area contributed by atoms with Gasteiger partial charge in [0.2, 0.25) is 5.95 Å². The molecule has 0 amide bonds. The Morgan fingerprint density at radius 3 is 2.52 bits per heavy atom. The van der Waals surface area contributed by atoms with Crippen LogP contribution in [0.4, 0.5) is 24.8 Å². The number of alkyl halides is 3. The van der Waals surface area contributed by atoms with Gasteiger partial charge in [-0.25, -0.2) is 19.3 Å². The Hall–Kier alpha value is -3.82. The highest BCUT2D eigenvalue weighted by Gasteiger charge is 2.45. The molecule has 2 fully saturated rings. The van der Waals surface area contributed by atoms with E-state index in [1.807, 2.05) is 6.92 Å². The van der Waals surface area contributed by atoms with E-state index in [0.29, 0.717) is 49.2 Å². The van der Waals surface area contributed by atoms with Crippen molar-refractivity contribution >= 4 is 23.2 Å². The number of nitrogens with zero attached hydrogens (tertiary/aromatic N) is 9. The van der Waals surface area contributed by atoms with Crippen LogP contribution in [-0.4, -0.2) is 77.3 Å². The number of tetrazole rings is 1. The standard InChI is InChI=1S/C28H32ClF3N10O2/c1-19(16-41-18-35-38-39-41)44-24-13-20(5-6-22(24)29)21-14-33-26(34-15-21)36-23-17-42(37-25(23)28(30,31)32)27(7-3-2-4-8-27)40-9-11-43-12-10-40/h5-6,13-15,17-19H,2-4,7-12,16H2,1H3,(H,33,34,36). The van der Waals surface area contributed by atoms with Gasteiger partial charge in [-0.3, -0.25) is 4.90 Å². The molecular weight excluding hydrogens is 601 g/mol. The molecule has 1 saturated heterocycles. The van der Waals surface area contributed by atoms with Crippen molar-refractivity contribution in [2.45, 2.75) is 63.5 Å². The van der Waals surface area contributed by atoms with Crippen LogP contribution in [0.1, 0.15) is 44.7 Å².